The summed E-state index contributed by atoms with van der Waals surface area (Å²) in [4.78, 5) is 0. The number of fused-ring (bicyclic) bond motifs is 10. The lowest BCUT2D eigenvalue weighted by Crippen LogP contribution is -2.58. The Hall–Kier alpha value is -5.15. The summed E-state index contributed by atoms with van der Waals surface area (Å²) in [6.45, 7) is -0.138. The summed E-state index contributed by atoms with van der Waals surface area (Å²) in [6, 6.07) is 46.3. The minimum atomic E-state index is -0.0829. The Balaban J connectivity index is 1.47. The van der Waals surface area contributed by atoms with Gasteiger partial charge in [-0.15, -0.1) is 0 Å². The van der Waals surface area contributed by atoms with Gasteiger partial charge in [-0.2, -0.15) is 0 Å². The average Bonchev–Trinajstić information content (AvgIpc) is 3.43. The molecule has 2 aliphatic rings. The molecule has 2 aliphatic heterocycles. The van der Waals surface area contributed by atoms with Crippen LogP contribution in [-0.2, 0) is 0 Å². The smallest absolute Gasteiger partial charge is 0.256 e. The molecule has 5 heteroatoms. The van der Waals surface area contributed by atoms with Crippen LogP contribution in [0.5, 0.6) is 23.0 Å². The van der Waals surface area contributed by atoms with Crippen molar-refractivity contribution in [3.8, 4) is 23.0 Å². The first-order valence-electron chi connectivity index (χ1n) is 14.0. The number of ether oxygens (including phenoxy) is 2. The largest absolute Gasteiger partial charge is 0.456 e. The topological polar surface area (TPSA) is 31.6 Å². The van der Waals surface area contributed by atoms with Crippen LogP contribution in [0.2, 0.25) is 0 Å². The number of rotatable bonds is 2. The Morgan fingerprint density at radius 3 is 1.56 bits per heavy atom. The highest BCUT2D eigenvalue weighted by molar-refractivity contribution is 7.01. The van der Waals surface area contributed by atoms with Gasteiger partial charge in [-0.1, -0.05) is 126 Å². The van der Waals surface area contributed by atoms with E-state index in [1.54, 1.807) is 0 Å². The van der Waals surface area contributed by atoms with Crippen LogP contribution in [0.25, 0.3) is 21.9 Å². The van der Waals surface area contributed by atoms with Gasteiger partial charge >= 0.3 is 0 Å². The molecule has 190 valence electrons. The van der Waals surface area contributed by atoms with Gasteiger partial charge in [0.1, 0.15) is 22.7 Å². The van der Waals surface area contributed by atoms with E-state index >= 15 is 0 Å². The number of hydrogen-bond donors (Lipinski definition) is 0. The molecule has 0 saturated heterocycles. The first-order valence-corrected chi connectivity index (χ1v) is 14.0. The maximum Gasteiger partial charge on any atom is 0.256 e. The highest BCUT2D eigenvalue weighted by atomic mass is 16.5. The zero-order valence-corrected chi connectivity index (χ0v) is 22.1. The van der Waals surface area contributed by atoms with Gasteiger partial charge < -0.3 is 13.9 Å². The summed E-state index contributed by atoms with van der Waals surface area (Å²) in [7, 11) is 0. The van der Waals surface area contributed by atoms with E-state index in [4.69, 9.17) is 13.9 Å². The van der Waals surface area contributed by atoms with Gasteiger partial charge in [0, 0.05) is 16.2 Å². The van der Waals surface area contributed by atoms with Crippen molar-refractivity contribution < 1.29 is 13.9 Å². The fraction of sp³-hybridized carbons (Fsp3) is 0. The molecule has 0 bridgehead atoms. The SMILES string of the molecule is c1ccc(B2c3ccccc3Oc3c4c(c5c(oc6ccccc65)c32)B(c2ccccc2)c2ccccc2O4)cc1. The maximum absolute atomic E-state index is 6.89. The average molecular weight is 524 g/mol. The molecule has 0 N–H and O–H groups in total. The van der Waals surface area contributed by atoms with Crippen LogP contribution in [0.1, 0.15) is 0 Å². The Bertz CT molecular complexity index is 2120. The summed E-state index contributed by atoms with van der Waals surface area (Å²) >= 11 is 0. The molecule has 0 radical (unpaired) electrons. The summed E-state index contributed by atoms with van der Waals surface area (Å²) in [6.07, 6.45) is 0. The van der Waals surface area contributed by atoms with Crippen LogP contribution >= 0.6 is 0 Å². The van der Waals surface area contributed by atoms with Crippen molar-refractivity contribution in [2.24, 2.45) is 0 Å². The van der Waals surface area contributed by atoms with Crippen molar-refractivity contribution in [3.05, 3.63) is 133 Å². The lowest BCUT2D eigenvalue weighted by Gasteiger charge is -2.33. The van der Waals surface area contributed by atoms with Crippen LogP contribution < -0.4 is 42.3 Å². The molecular formula is C36H22B2O3. The van der Waals surface area contributed by atoms with E-state index in [1.165, 1.54) is 10.9 Å². The maximum atomic E-state index is 6.89. The highest BCUT2D eigenvalue weighted by Gasteiger charge is 2.44. The third kappa shape index (κ3) is 3.23. The second-order valence-electron chi connectivity index (χ2n) is 10.8. The van der Waals surface area contributed by atoms with Crippen LogP contribution in [0, 0.1) is 0 Å². The molecule has 3 nitrogen and oxygen atoms in total. The number of benzene rings is 6. The van der Waals surface area contributed by atoms with Crippen molar-refractivity contribution in [2.75, 3.05) is 0 Å². The van der Waals surface area contributed by atoms with Gasteiger partial charge in [-0.25, -0.2) is 0 Å². The summed E-state index contributed by atoms with van der Waals surface area (Å²) < 4.78 is 20.6. The van der Waals surface area contributed by atoms with Gasteiger partial charge in [0.15, 0.2) is 11.5 Å². The number of furan rings is 1. The first kappa shape index (κ1) is 22.6. The van der Waals surface area contributed by atoms with E-state index in [1.807, 2.05) is 18.2 Å². The van der Waals surface area contributed by atoms with Gasteiger partial charge in [0.05, 0.1) is 0 Å². The van der Waals surface area contributed by atoms with E-state index in [0.29, 0.717) is 0 Å². The van der Waals surface area contributed by atoms with Crippen LogP contribution in [0.15, 0.2) is 138 Å². The molecule has 0 amide bonds. The van der Waals surface area contributed by atoms with Crippen molar-refractivity contribution in [1.29, 1.82) is 0 Å². The Kier molecular flexibility index (Phi) is 4.79. The fourth-order valence-corrected chi connectivity index (χ4v) is 6.84. The Labute approximate surface area is 238 Å². The van der Waals surface area contributed by atoms with Crippen LogP contribution in [0.3, 0.4) is 0 Å². The van der Waals surface area contributed by atoms with E-state index in [2.05, 4.69) is 115 Å². The zero-order valence-electron chi connectivity index (χ0n) is 22.1. The third-order valence-corrected chi connectivity index (χ3v) is 8.53. The third-order valence-electron chi connectivity index (χ3n) is 8.53. The summed E-state index contributed by atoms with van der Waals surface area (Å²) in [5.41, 5.74) is 8.43. The normalized spacial score (nSPS) is 13.2. The van der Waals surface area contributed by atoms with Crippen LogP contribution in [-0.4, -0.2) is 13.4 Å². The van der Waals surface area contributed by atoms with E-state index in [0.717, 1.165) is 66.8 Å². The zero-order chi connectivity index (χ0) is 26.9. The molecule has 9 rings (SSSR count). The molecule has 0 unspecified atom stereocenters. The molecule has 1 aromatic heterocycles. The lowest BCUT2D eigenvalue weighted by molar-refractivity contribution is 0.424. The van der Waals surface area contributed by atoms with Crippen molar-refractivity contribution in [1.82, 2.24) is 0 Å². The minimum absolute atomic E-state index is 0.0547. The molecule has 3 heterocycles. The van der Waals surface area contributed by atoms with E-state index in [-0.39, 0.29) is 13.4 Å². The summed E-state index contributed by atoms with van der Waals surface area (Å²) in [5.74, 6) is 3.18. The quantitative estimate of drug-likeness (QED) is 0.304. The van der Waals surface area contributed by atoms with Gasteiger partial charge in [0.2, 0.25) is 0 Å². The van der Waals surface area contributed by atoms with Crippen molar-refractivity contribution in [2.45, 2.75) is 0 Å². The van der Waals surface area contributed by atoms with Gasteiger partial charge in [-0.05, 0) is 34.6 Å². The monoisotopic (exact) mass is 524 g/mol. The molecule has 0 atom stereocenters. The van der Waals surface area contributed by atoms with E-state index in [9.17, 15) is 0 Å². The van der Waals surface area contributed by atoms with Crippen LogP contribution in [0.4, 0.5) is 0 Å². The predicted octanol–water partition coefficient (Wildman–Crippen LogP) is 4.83. The molecule has 41 heavy (non-hydrogen) atoms. The standard InChI is InChI=1S/C36H22B2O3/c1-3-13-23(14-4-1)37-26-18-8-11-21-29(26)40-35-32(37)31-25-17-7-10-20-28(25)39-34(31)33-36(35)41-30-22-12-9-19-27(30)38(33)24-15-5-2-6-16-24/h1-22H. The summed E-state index contributed by atoms with van der Waals surface area (Å²) in [5, 5.41) is 2.16. The highest BCUT2D eigenvalue weighted by Crippen LogP contribution is 2.42. The molecule has 0 fully saturated rings. The molecular weight excluding hydrogens is 502 g/mol. The molecule has 0 saturated carbocycles. The molecule has 0 spiro atoms. The number of para-hydroxylation sites is 3. The minimum Gasteiger partial charge on any atom is -0.456 e. The fourth-order valence-electron chi connectivity index (χ4n) is 6.84. The molecule has 6 aromatic carbocycles. The number of hydrogen-bond acceptors (Lipinski definition) is 3. The Morgan fingerprint density at radius 2 is 0.927 bits per heavy atom. The van der Waals surface area contributed by atoms with Gasteiger partial charge in [0.25, 0.3) is 13.4 Å². The van der Waals surface area contributed by atoms with Crippen molar-refractivity contribution in [3.63, 3.8) is 0 Å². The van der Waals surface area contributed by atoms with Crippen molar-refractivity contribution >= 4 is 68.1 Å². The Morgan fingerprint density at radius 1 is 0.439 bits per heavy atom. The van der Waals surface area contributed by atoms with E-state index < -0.39 is 0 Å². The molecule has 7 aromatic rings. The molecule has 0 aliphatic carbocycles. The van der Waals surface area contributed by atoms with Gasteiger partial charge in [-0.3, -0.25) is 0 Å². The first-order chi connectivity index (χ1) is 20.4. The predicted molar refractivity (Wildman–Crippen MR) is 169 cm³/mol. The second-order valence-corrected chi connectivity index (χ2v) is 10.8. The second kappa shape index (κ2) is 8.67. The lowest BCUT2D eigenvalue weighted by atomic mass is 9.33.